The summed E-state index contributed by atoms with van der Waals surface area (Å²) in [5.74, 6) is 0.785. The first kappa shape index (κ1) is 22.5. The van der Waals surface area contributed by atoms with Crippen molar-refractivity contribution in [3.05, 3.63) is 56.4 Å². The molecule has 2 aromatic carbocycles. The molecule has 1 heterocycles. The van der Waals surface area contributed by atoms with Gasteiger partial charge in [-0.2, -0.15) is 0 Å². The van der Waals surface area contributed by atoms with E-state index in [2.05, 4.69) is 10.3 Å². The van der Waals surface area contributed by atoms with Gasteiger partial charge in [0.05, 0.1) is 28.8 Å². The molecule has 1 fully saturated rings. The average molecular weight is 465 g/mol. The summed E-state index contributed by atoms with van der Waals surface area (Å²) in [4.78, 5) is 17.4. The molecule has 0 aliphatic carbocycles. The molecule has 30 heavy (non-hydrogen) atoms. The fraction of sp³-hybridized carbons (Fsp3) is 0.273. The lowest BCUT2D eigenvalue weighted by molar-refractivity contribution is -0.115. The Morgan fingerprint density at radius 1 is 1.27 bits per heavy atom. The van der Waals surface area contributed by atoms with Crippen LogP contribution in [0.1, 0.15) is 31.4 Å². The van der Waals surface area contributed by atoms with Gasteiger partial charge in [0, 0.05) is 5.02 Å². The number of amides is 1. The van der Waals surface area contributed by atoms with Gasteiger partial charge in [-0.3, -0.25) is 4.79 Å². The Morgan fingerprint density at radius 3 is 2.73 bits per heavy atom. The van der Waals surface area contributed by atoms with Gasteiger partial charge in [-0.05, 0) is 73.5 Å². The van der Waals surface area contributed by atoms with Crippen LogP contribution >= 0.6 is 35.0 Å². The second-order valence-corrected chi connectivity index (χ2v) is 8.66. The van der Waals surface area contributed by atoms with E-state index < -0.39 is 0 Å². The summed E-state index contributed by atoms with van der Waals surface area (Å²) in [6, 6.07) is 8.99. The molecule has 8 heteroatoms. The molecule has 0 aromatic heterocycles. The van der Waals surface area contributed by atoms with Crippen molar-refractivity contribution >= 4 is 57.8 Å². The number of ether oxygens (including phenoxy) is 2. The maximum atomic E-state index is 12.4. The summed E-state index contributed by atoms with van der Waals surface area (Å²) in [6.07, 6.45) is 2.59. The largest absolute Gasteiger partial charge is 0.493 e. The lowest BCUT2D eigenvalue weighted by Gasteiger charge is -2.17. The van der Waals surface area contributed by atoms with Crippen LogP contribution in [0.25, 0.3) is 6.08 Å². The molecule has 1 saturated heterocycles. The van der Waals surface area contributed by atoms with E-state index >= 15 is 0 Å². The zero-order valence-electron chi connectivity index (χ0n) is 17.1. The Kier molecular flexibility index (Phi) is 7.34. The van der Waals surface area contributed by atoms with Crippen molar-refractivity contribution in [2.45, 2.75) is 33.3 Å². The minimum absolute atomic E-state index is 0.00508. The zero-order valence-corrected chi connectivity index (χ0v) is 19.4. The number of carbonyl (C=O) groups excluding carboxylic acids is 1. The highest BCUT2D eigenvalue weighted by molar-refractivity contribution is 8.18. The lowest BCUT2D eigenvalue weighted by Crippen LogP contribution is -2.19. The number of thioether (sulfide) groups is 1. The van der Waals surface area contributed by atoms with Crippen LogP contribution in [0, 0.1) is 6.92 Å². The van der Waals surface area contributed by atoms with Crippen LogP contribution in [0.3, 0.4) is 0 Å². The number of rotatable bonds is 6. The molecule has 158 valence electrons. The Morgan fingerprint density at radius 2 is 2.03 bits per heavy atom. The fourth-order valence-electron chi connectivity index (χ4n) is 2.67. The average Bonchev–Trinajstić information content (AvgIpc) is 3.05. The van der Waals surface area contributed by atoms with Crippen LogP contribution in [0.5, 0.6) is 11.5 Å². The highest BCUT2D eigenvalue weighted by Crippen LogP contribution is 2.39. The highest BCUT2D eigenvalue weighted by Gasteiger charge is 2.24. The van der Waals surface area contributed by atoms with Gasteiger partial charge in [-0.15, -0.1) is 0 Å². The summed E-state index contributed by atoms with van der Waals surface area (Å²) < 4.78 is 11.3. The molecule has 0 saturated carbocycles. The van der Waals surface area contributed by atoms with Crippen molar-refractivity contribution in [3.8, 4) is 11.5 Å². The van der Waals surface area contributed by atoms with Crippen LogP contribution < -0.4 is 14.8 Å². The number of aliphatic imine (C=N–C) groups is 1. The minimum atomic E-state index is -0.228. The molecule has 5 nitrogen and oxygen atoms in total. The van der Waals surface area contributed by atoms with Gasteiger partial charge in [-0.25, -0.2) is 4.99 Å². The van der Waals surface area contributed by atoms with E-state index in [1.807, 2.05) is 26.8 Å². The Bertz CT molecular complexity index is 1040. The SMILES string of the molecule is CC[C@H](C)Oc1c(Cl)cc(/C=C2\SC(=Nc3cc(Cl)ccc3C)NC2=O)cc1OC. The molecule has 3 rings (SSSR count). The second-order valence-electron chi connectivity index (χ2n) is 6.78. The first-order valence-corrected chi connectivity index (χ1v) is 11.0. The van der Waals surface area contributed by atoms with Crippen molar-refractivity contribution in [1.82, 2.24) is 5.32 Å². The van der Waals surface area contributed by atoms with Gasteiger partial charge in [0.1, 0.15) is 0 Å². The molecular weight excluding hydrogens is 443 g/mol. The number of nitrogens with zero attached hydrogens (tertiary/aromatic N) is 1. The van der Waals surface area contributed by atoms with Crippen LogP contribution in [0.2, 0.25) is 10.0 Å². The van der Waals surface area contributed by atoms with Crippen molar-refractivity contribution in [1.29, 1.82) is 0 Å². The van der Waals surface area contributed by atoms with E-state index in [-0.39, 0.29) is 12.0 Å². The smallest absolute Gasteiger partial charge is 0.264 e. The van der Waals surface area contributed by atoms with Crippen molar-refractivity contribution in [2.24, 2.45) is 4.99 Å². The van der Waals surface area contributed by atoms with Gasteiger partial charge in [0.25, 0.3) is 5.91 Å². The van der Waals surface area contributed by atoms with Crippen LogP contribution in [-0.4, -0.2) is 24.3 Å². The van der Waals surface area contributed by atoms with E-state index in [0.29, 0.717) is 37.3 Å². The fourth-order valence-corrected chi connectivity index (χ4v) is 3.93. The normalized spacial score (nSPS) is 17.3. The Balaban J connectivity index is 1.88. The molecule has 1 aliphatic rings. The summed E-state index contributed by atoms with van der Waals surface area (Å²) in [5, 5.41) is 4.29. The first-order chi connectivity index (χ1) is 14.3. The third-order valence-corrected chi connectivity index (χ3v) is 5.91. The predicted molar refractivity (Wildman–Crippen MR) is 125 cm³/mol. The number of hydrogen-bond acceptors (Lipinski definition) is 5. The monoisotopic (exact) mass is 464 g/mol. The van der Waals surface area contributed by atoms with Gasteiger partial charge in [0.2, 0.25) is 0 Å². The number of benzene rings is 2. The molecule has 0 radical (unpaired) electrons. The lowest BCUT2D eigenvalue weighted by atomic mass is 10.1. The summed E-state index contributed by atoms with van der Waals surface area (Å²) in [7, 11) is 1.56. The molecular formula is C22H22Cl2N2O3S. The number of aryl methyl sites for hydroxylation is 1. The Hall–Kier alpha value is -2.15. The third-order valence-electron chi connectivity index (χ3n) is 4.49. The van der Waals surface area contributed by atoms with E-state index in [1.165, 1.54) is 11.8 Å². The quantitative estimate of drug-likeness (QED) is 0.503. The minimum Gasteiger partial charge on any atom is -0.493 e. The van der Waals surface area contributed by atoms with E-state index in [4.69, 9.17) is 32.7 Å². The topological polar surface area (TPSA) is 59.9 Å². The van der Waals surface area contributed by atoms with Gasteiger partial charge in [0.15, 0.2) is 16.7 Å². The molecule has 1 amide bonds. The van der Waals surface area contributed by atoms with Crippen LogP contribution in [-0.2, 0) is 4.79 Å². The number of halogens is 2. The van der Waals surface area contributed by atoms with E-state index in [1.54, 1.807) is 37.5 Å². The van der Waals surface area contributed by atoms with E-state index in [0.717, 1.165) is 17.5 Å². The number of amidine groups is 1. The van der Waals surface area contributed by atoms with Crippen molar-refractivity contribution < 1.29 is 14.3 Å². The van der Waals surface area contributed by atoms with Gasteiger partial charge < -0.3 is 14.8 Å². The van der Waals surface area contributed by atoms with E-state index in [9.17, 15) is 4.79 Å². The molecule has 0 unspecified atom stereocenters. The molecule has 1 atom stereocenters. The highest BCUT2D eigenvalue weighted by atomic mass is 35.5. The summed E-state index contributed by atoms with van der Waals surface area (Å²) >= 11 is 13.7. The van der Waals surface area contributed by atoms with Crippen molar-refractivity contribution in [2.75, 3.05) is 7.11 Å². The van der Waals surface area contributed by atoms with Gasteiger partial charge in [-0.1, -0.05) is 36.2 Å². The maximum Gasteiger partial charge on any atom is 0.264 e. The zero-order chi connectivity index (χ0) is 21.8. The predicted octanol–water partition coefficient (Wildman–Crippen LogP) is 6.38. The third kappa shape index (κ3) is 5.31. The van der Waals surface area contributed by atoms with Crippen LogP contribution in [0.15, 0.2) is 40.2 Å². The molecule has 2 aromatic rings. The first-order valence-electron chi connectivity index (χ1n) is 9.40. The van der Waals surface area contributed by atoms with Crippen LogP contribution in [0.4, 0.5) is 5.69 Å². The summed E-state index contributed by atoms with van der Waals surface area (Å²) in [5.41, 5.74) is 2.40. The second kappa shape index (κ2) is 9.77. The molecule has 0 bridgehead atoms. The maximum absolute atomic E-state index is 12.4. The Labute approximate surface area is 190 Å². The molecule has 1 aliphatic heterocycles. The van der Waals surface area contributed by atoms with Crippen molar-refractivity contribution in [3.63, 3.8) is 0 Å². The number of hydrogen-bond donors (Lipinski definition) is 1. The number of nitrogens with one attached hydrogen (secondary N) is 1. The number of methoxy groups -OCH3 is 1. The number of carbonyl (C=O) groups is 1. The summed E-state index contributed by atoms with van der Waals surface area (Å²) in [6.45, 7) is 5.93. The standard InChI is InChI=1S/C22H22Cl2N2O3S/c1-5-13(3)29-20-16(24)8-14(9-18(20)28-4)10-19-21(27)26-22(30-19)25-17-11-15(23)7-6-12(17)2/h6-11,13H,5H2,1-4H3,(H,25,26,27)/b19-10-/t13-/m0/s1. The van der Waals surface area contributed by atoms with Gasteiger partial charge >= 0.3 is 0 Å². The molecule has 0 spiro atoms. The molecule has 1 N–H and O–H groups in total.